The SMILES string of the molecule is O=C(O)c1ccc(C(=O)N2CCN(C(=O)C3CCCCC3)CC2)cc1. The van der Waals surface area contributed by atoms with E-state index in [-0.39, 0.29) is 23.3 Å². The Bertz CT molecular complexity index is 642. The lowest BCUT2D eigenvalue weighted by atomic mass is 9.88. The Morgan fingerprint density at radius 2 is 1.32 bits per heavy atom. The van der Waals surface area contributed by atoms with Gasteiger partial charge in [0.05, 0.1) is 5.56 Å². The summed E-state index contributed by atoms with van der Waals surface area (Å²) in [6, 6.07) is 5.98. The smallest absolute Gasteiger partial charge is 0.335 e. The van der Waals surface area contributed by atoms with Crippen LogP contribution in [0.4, 0.5) is 0 Å². The van der Waals surface area contributed by atoms with E-state index in [9.17, 15) is 14.4 Å². The van der Waals surface area contributed by atoms with Crippen LogP contribution in [0.3, 0.4) is 0 Å². The minimum Gasteiger partial charge on any atom is -0.478 e. The van der Waals surface area contributed by atoms with E-state index >= 15 is 0 Å². The summed E-state index contributed by atoms with van der Waals surface area (Å²) in [4.78, 5) is 39.6. The van der Waals surface area contributed by atoms with Crippen molar-refractivity contribution >= 4 is 17.8 Å². The highest BCUT2D eigenvalue weighted by atomic mass is 16.4. The first kappa shape index (κ1) is 17.5. The molecule has 1 saturated heterocycles. The van der Waals surface area contributed by atoms with Gasteiger partial charge in [0.25, 0.3) is 5.91 Å². The summed E-state index contributed by atoms with van der Waals surface area (Å²) in [6.45, 7) is 2.21. The summed E-state index contributed by atoms with van der Waals surface area (Å²) < 4.78 is 0. The van der Waals surface area contributed by atoms with Gasteiger partial charge >= 0.3 is 5.97 Å². The molecule has 0 unspecified atom stereocenters. The van der Waals surface area contributed by atoms with Gasteiger partial charge in [-0.3, -0.25) is 9.59 Å². The highest BCUT2D eigenvalue weighted by molar-refractivity contribution is 5.96. The van der Waals surface area contributed by atoms with E-state index in [0.29, 0.717) is 31.7 Å². The Morgan fingerprint density at radius 3 is 1.88 bits per heavy atom. The molecular formula is C19H24N2O4. The van der Waals surface area contributed by atoms with E-state index in [1.807, 2.05) is 4.90 Å². The fraction of sp³-hybridized carbons (Fsp3) is 0.526. The molecule has 1 N–H and O–H groups in total. The quantitative estimate of drug-likeness (QED) is 0.912. The zero-order valence-electron chi connectivity index (χ0n) is 14.3. The predicted octanol–water partition coefficient (Wildman–Crippen LogP) is 2.25. The van der Waals surface area contributed by atoms with Crippen LogP contribution >= 0.6 is 0 Å². The van der Waals surface area contributed by atoms with Crippen molar-refractivity contribution in [3.8, 4) is 0 Å². The average Bonchev–Trinajstić information content (AvgIpc) is 2.67. The summed E-state index contributed by atoms with van der Waals surface area (Å²) in [5.74, 6) is -0.701. The molecule has 134 valence electrons. The molecule has 3 rings (SSSR count). The minimum atomic E-state index is -1.01. The van der Waals surface area contributed by atoms with E-state index in [2.05, 4.69) is 0 Å². The van der Waals surface area contributed by atoms with Gasteiger partial charge in [-0.05, 0) is 37.1 Å². The van der Waals surface area contributed by atoms with Crippen molar-refractivity contribution in [2.75, 3.05) is 26.2 Å². The zero-order valence-corrected chi connectivity index (χ0v) is 14.3. The topological polar surface area (TPSA) is 77.9 Å². The molecule has 6 nitrogen and oxygen atoms in total. The Morgan fingerprint density at radius 1 is 0.800 bits per heavy atom. The lowest BCUT2D eigenvalue weighted by Crippen LogP contribution is -2.52. The Kier molecular flexibility index (Phi) is 5.36. The van der Waals surface area contributed by atoms with Crippen molar-refractivity contribution in [3.05, 3.63) is 35.4 Å². The Balaban J connectivity index is 1.55. The molecule has 0 radical (unpaired) electrons. The monoisotopic (exact) mass is 344 g/mol. The summed E-state index contributed by atoms with van der Waals surface area (Å²) in [5, 5.41) is 8.92. The van der Waals surface area contributed by atoms with E-state index < -0.39 is 5.97 Å². The number of carbonyl (C=O) groups is 3. The van der Waals surface area contributed by atoms with E-state index in [1.165, 1.54) is 18.6 Å². The van der Waals surface area contributed by atoms with Crippen LogP contribution in [0.15, 0.2) is 24.3 Å². The van der Waals surface area contributed by atoms with Crippen LogP contribution < -0.4 is 0 Å². The lowest BCUT2D eigenvalue weighted by Gasteiger charge is -2.37. The fourth-order valence-corrected chi connectivity index (χ4v) is 3.68. The molecule has 2 fully saturated rings. The third-order valence-electron chi connectivity index (χ3n) is 5.21. The van der Waals surface area contributed by atoms with Crippen molar-refractivity contribution in [2.45, 2.75) is 32.1 Å². The molecule has 1 aromatic carbocycles. The van der Waals surface area contributed by atoms with Crippen molar-refractivity contribution in [3.63, 3.8) is 0 Å². The van der Waals surface area contributed by atoms with Crippen molar-refractivity contribution in [1.29, 1.82) is 0 Å². The molecule has 0 spiro atoms. The van der Waals surface area contributed by atoms with Crippen LogP contribution in [0, 0.1) is 5.92 Å². The van der Waals surface area contributed by atoms with Gasteiger partial charge in [0.2, 0.25) is 5.91 Å². The summed E-state index contributed by atoms with van der Waals surface area (Å²) in [7, 11) is 0. The number of rotatable bonds is 3. The van der Waals surface area contributed by atoms with Gasteiger partial charge in [-0.25, -0.2) is 4.79 Å². The first-order valence-corrected chi connectivity index (χ1v) is 8.97. The number of amides is 2. The number of aromatic carboxylic acids is 1. The number of carboxylic acid groups (broad SMARTS) is 1. The van der Waals surface area contributed by atoms with Gasteiger partial charge in [-0.15, -0.1) is 0 Å². The maximum atomic E-state index is 12.6. The molecule has 25 heavy (non-hydrogen) atoms. The van der Waals surface area contributed by atoms with Crippen LogP contribution in [0.5, 0.6) is 0 Å². The highest BCUT2D eigenvalue weighted by Crippen LogP contribution is 2.26. The molecule has 0 aromatic heterocycles. The molecule has 1 heterocycles. The van der Waals surface area contributed by atoms with Crippen LogP contribution in [0.1, 0.15) is 52.8 Å². The van der Waals surface area contributed by atoms with E-state index in [4.69, 9.17) is 5.11 Å². The molecule has 1 aliphatic heterocycles. The molecule has 6 heteroatoms. The highest BCUT2D eigenvalue weighted by Gasteiger charge is 2.29. The second kappa shape index (κ2) is 7.68. The summed E-state index contributed by atoms with van der Waals surface area (Å²) >= 11 is 0. The Hall–Kier alpha value is -2.37. The summed E-state index contributed by atoms with van der Waals surface area (Å²) in [6.07, 6.45) is 5.50. The van der Waals surface area contributed by atoms with Gasteiger partial charge in [0.15, 0.2) is 0 Å². The van der Waals surface area contributed by atoms with Gasteiger partial charge in [0, 0.05) is 37.7 Å². The van der Waals surface area contributed by atoms with Gasteiger partial charge in [0.1, 0.15) is 0 Å². The second-order valence-electron chi connectivity index (χ2n) is 6.83. The largest absolute Gasteiger partial charge is 0.478 e. The zero-order chi connectivity index (χ0) is 17.8. The fourth-order valence-electron chi connectivity index (χ4n) is 3.68. The minimum absolute atomic E-state index is 0.110. The molecular weight excluding hydrogens is 320 g/mol. The first-order valence-electron chi connectivity index (χ1n) is 8.97. The normalized spacial score (nSPS) is 18.9. The molecule has 1 aliphatic carbocycles. The number of carbonyl (C=O) groups excluding carboxylic acids is 2. The number of hydrogen-bond donors (Lipinski definition) is 1. The number of piperazine rings is 1. The van der Waals surface area contributed by atoms with Crippen LogP contribution in [0.25, 0.3) is 0 Å². The van der Waals surface area contributed by atoms with Crippen molar-refractivity contribution in [1.82, 2.24) is 9.80 Å². The molecule has 2 aliphatic rings. The average molecular weight is 344 g/mol. The molecule has 1 saturated carbocycles. The third-order valence-corrected chi connectivity index (χ3v) is 5.21. The number of nitrogens with zero attached hydrogens (tertiary/aromatic N) is 2. The van der Waals surface area contributed by atoms with Gasteiger partial charge in [-0.1, -0.05) is 19.3 Å². The maximum Gasteiger partial charge on any atom is 0.335 e. The lowest BCUT2D eigenvalue weighted by molar-refractivity contribution is -0.138. The molecule has 2 amide bonds. The Labute approximate surface area is 147 Å². The molecule has 1 aromatic rings. The van der Waals surface area contributed by atoms with Gasteiger partial charge < -0.3 is 14.9 Å². The third kappa shape index (κ3) is 4.00. The molecule has 0 atom stereocenters. The number of benzene rings is 1. The molecule has 0 bridgehead atoms. The van der Waals surface area contributed by atoms with Crippen molar-refractivity contribution < 1.29 is 19.5 Å². The first-order chi connectivity index (χ1) is 12.1. The summed E-state index contributed by atoms with van der Waals surface area (Å²) in [5.41, 5.74) is 0.650. The predicted molar refractivity (Wildman–Crippen MR) is 92.5 cm³/mol. The van der Waals surface area contributed by atoms with Crippen LogP contribution in [-0.4, -0.2) is 58.9 Å². The van der Waals surface area contributed by atoms with Crippen LogP contribution in [0.2, 0.25) is 0 Å². The van der Waals surface area contributed by atoms with E-state index in [1.54, 1.807) is 17.0 Å². The van der Waals surface area contributed by atoms with Gasteiger partial charge in [-0.2, -0.15) is 0 Å². The maximum absolute atomic E-state index is 12.6. The number of carboxylic acids is 1. The standard InChI is InChI=1S/C19H24N2O4/c22-17(14-4-2-1-3-5-14)20-10-12-21(13-11-20)18(23)15-6-8-16(9-7-15)19(24)25/h6-9,14H,1-5,10-13H2,(H,24,25). The number of hydrogen-bond acceptors (Lipinski definition) is 3. The second-order valence-corrected chi connectivity index (χ2v) is 6.83. The van der Waals surface area contributed by atoms with Crippen molar-refractivity contribution in [2.24, 2.45) is 5.92 Å². The van der Waals surface area contributed by atoms with E-state index in [0.717, 1.165) is 25.7 Å². The van der Waals surface area contributed by atoms with Crippen LogP contribution in [-0.2, 0) is 4.79 Å².